The summed E-state index contributed by atoms with van der Waals surface area (Å²) in [7, 11) is 1.35. The topological polar surface area (TPSA) is 68.3 Å². The number of rotatable bonds is 2. The van der Waals surface area contributed by atoms with Crippen LogP contribution in [0.4, 0.5) is 5.69 Å². The molecule has 1 aromatic carbocycles. The van der Waals surface area contributed by atoms with Crippen LogP contribution in [-0.4, -0.2) is 23.8 Å². The number of allylic oxidation sites excluding steroid dienone is 2. The summed E-state index contributed by atoms with van der Waals surface area (Å²) >= 11 is 1.65. The zero-order chi connectivity index (χ0) is 21.9. The minimum Gasteiger partial charge on any atom is -0.468 e. The van der Waals surface area contributed by atoms with Crippen molar-refractivity contribution in [3.63, 3.8) is 0 Å². The van der Waals surface area contributed by atoms with Crippen LogP contribution in [0.1, 0.15) is 42.2 Å². The Hall–Kier alpha value is -2.99. The van der Waals surface area contributed by atoms with E-state index in [2.05, 4.69) is 34.7 Å². The number of nitrogens with one attached hydrogen (secondary N) is 1. The number of ketones is 1. The fourth-order valence-corrected chi connectivity index (χ4v) is 6.17. The Morgan fingerprint density at radius 2 is 2.06 bits per heavy atom. The van der Waals surface area contributed by atoms with Gasteiger partial charge in [-0.1, -0.05) is 19.9 Å². The van der Waals surface area contributed by atoms with Crippen LogP contribution < -0.4 is 5.32 Å². The Morgan fingerprint density at radius 1 is 1.26 bits per heavy atom. The van der Waals surface area contributed by atoms with Crippen molar-refractivity contribution in [3.05, 3.63) is 69.2 Å². The summed E-state index contributed by atoms with van der Waals surface area (Å²) in [6.07, 6.45) is 2.38. The van der Waals surface area contributed by atoms with E-state index in [1.54, 1.807) is 17.5 Å². The lowest BCUT2D eigenvalue weighted by atomic mass is 9.63. The molecule has 31 heavy (non-hydrogen) atoms. The minimum absolute atomic E-state index is 0.144. The quantitative estimate of drug-likeness (QED) is 0.445. The summed E-state index contributed by atoms with van der Waals surface area (Å²) in [5, 5.41) is 6.63. The van der Waals surface area contributed by atoms with E-state index in [9.17, 15) is 9.59 Å². The lowest BCUT2D eigenvalue weighted by Crippen LogP contribution is -2.45. The Kier molecular flexibility index (Phi) is 4.52. The summed E-state index contributed by atoms with van der Waals surface area (Å²) in [5.74, 6) is -1.67. The second-order valence-electron chi connectivity index (χ2n) is 9.00. The summed E-state index contributed by atoms with van der Waals surface area (Å²) < 4.78 is 5.05. The highest BCUT2D eigenvalue weighted by Crippen LogP contribution is 2.53. The molecular weight excluding hydrogens is 408 g/mol. The zero-order valence-electron chi connectivity index (χ0n) is 18.0. The molecule has 158 valence electrons. The number of ether oxygens (including phenoxy) is 1. The average molecular weight is 433 g/mol. The van der Waals surface area contributed by atoms with Gasteiger partial charge in [0.15, 0.2) is 5.78 Å². The van der Waals surface area contributed by atoms with E-state index < -0.39 is 17.3 Å². The number of pyridine rings is 1. The van der Waals surface area contributed by atoms with Gasteiger partial charge in [0.2, 0.25) is 0 Å². The number of Topliss-reactive ketones (excluding diaryl/α,β-unsaturated/α-hetero) is 1. The first-order valence-electron chi connectivity index (χ1n) is 10.4. The Balaban J connectivity index is 1.81. The summed E-state index contributed by atoms with van der Waals surface area (Å²) in [6, 6.07) is 10.1. The normalized spacial score (nSPS) is 22.0. The number of thiophene rings is 1. The maximum Gasteiger partial charge on any atom is 0.317 e. The molecule has 0 unspecified atom stereocenters. The fraction of sp³-hybridized carbons (Fsp3) is 0.320. The van der Waals surface area contributed by atoms with E-state index in [-0.39, 0.29) is 11.7 Å². The monoisotopic (exact) mass is 432 g/mol. The zero-order valence-corrected chi connectivity index (χ0v) is 18.8. The van der Waals surface area contributed by atoms with Crippen molar-refractivity contribution >= 4 is 39.7 Å². The molecule has 0 bridgehead atoms. The van der Waals surface area contributed by atoms with Crippen LogP contribution in [0.5, 0.6) is 0 Å². The number of nitrogens with zero attached hydrogens (tertiary/aromatic N) is 1. The number of aryl methyl sites for hydroxylation is 1. The number of aromatic nitrogens is 1. The van der Waals surface area contributed by atoms with Gasteiger partial charge in [0, 0.05) is 33.4 Å². The van der Waals surface area contributed by atoms with Crippen molar-refractivity contribution in [3.8, 4) is 0 Å². The van der Waals surface area contributed by atoms with E-state index in [0.29, 0.717) is 12.0 Å². The SMILES string of the molecule is COC(=O)[C@@H]1C(=O)C2=C(CC1(C)C)Nc1ccc3ncccc3c1[C@@H]2c1sccc1C. The largest absolute Gasteiger partial charge is 0.468 e. The van der Waals surface area contributed by atoms with Crippen LogP contribution in [0, 0.1) is 18.3 Å². The molecular formula is C25H24N2O3S. The molecule has 1 N–H and O–H groups in total. The van der Waals surface area contributed by atoms with Crippen molar-refractivity contribution in [1.82, 2.24) is 4.98 Å². The van der Waals surface area contributed by atoms with Gasteiger partial charge in [-0.15, -0.1) is 11.3 Å². The molecule has 0 spiro atoms. The summed E-state index contributed by atoms with van der Waals surface area (Å²) in [4.78, 5) is 32.3. The van der Waals surface area contributed by atoms with Crippen LogP contribution in [0.15, 0.2) is 53.2 Å². The third-order valence-electron chi connectivity index (χ3n) is 6.56. The number of carbonyl (C=O) groups excluding carboxylic acids is 2. The number of hydrogen-bond acceptors (Lipinski definition) is 6. The Morgan fingerprint density at radius 3 is 2.77 bits per heavy atom. The smallest absolute Gasteiger partial charge is 0.317 e. The van der Waals surface area contributed by atoms with Crippen LogP contribution in [0.2, 0.25) is 0 Å². The number of anilines is 1. The Bertz CT molecular complexity index is 1270. The first kappa shape index (κ1) is 19.9. The maximum absolute atomic E-state index is 13.9. The molecule has 1 aliphatic carbocycles. The first-order chi connectivity index (χ1) is 14.8. The highest BCUT2D eigenvalue weighted by Gasteiger charge is 2.51. The number of carbonyl (C=O) groups is 2. The molecule has 3 heterocycles. The lowest BCUT2D eigenvalue weighted by molar-refractivity contribution is -0.154. The highest BCUT2D eigenvalue weighted by molar-refractivity contribution is 7.10. The van der Waals surface area contributed by atoms with Crippen LogP contribution >= 0.6 is 11.3 Å². The van der Waals surface area contributed by atoms with E-state index in [1.165, 1.54) is 7.11 Å². The van der Waals surface area contributed by atoms with E-state index in [0.717, 1.165) is 38.3 Å². The number of methoxy groups -OCH3 is 1. The Labute approximate surface area is 185 Å². The average Bonchev–Trinajstić information content (AvgIpc) is 3.16. The second-order valence-corrected chi connectivity index (χ2v) is 9.95. The van der Waals surface area contributed by atoms with Crippen molar-refractivity contribution < 1.29 is 14.3 Å². The highest BCUT2D eigenvalue weighted by atomic mass is 32.1. The molecule has 0 saturated heterocycles. The summed E-state index contributed by atoms with van der Waals surface area (Å²) in [6.45, 7) is 6.00. The molecule has 2 aromatic heterocycles. The van der Waals surface area contributed by atoms with Gasteiger partial charge in [0.05, 0.1) is 18.5 Å². The molecule has 2 aliphatic rings. The molecule has 6 heteroatoms. The fourth-order valence-electron chi connectivity index (χ4n) is 5.13. The van der Waals surface area contributed by atoms with Gasteiger partial charge in [0.1, 0.15) is 5.92 Å². The molecule has 5 nitrogen and oxygen atoms in total. The second kappa shape index (κ2) is 7.02. The minimum atomic E-state index is -0.824. The van der Waals surface area contributed by atoms with Crippen LogP contribution in [0.25, 0.3) is 10.9 Å². The number of hydrogen-bond donors (Lipinski definition) is 1. The number of benzene rings is 1. The van der Waals surface area contributed by atoms with Gasteiger partial charge in [-0.3, -0.25) is 14.6 Å². The molecule has 0 radical (unpaired) electrons. The van der Waals surface area contributed by atoms with Gasteiger partial charge >= 0.3 is 5.97 Å². The van der Waals surface area contributed by atoms with Crippen molar-refractivity contribution in [2.75, 3.05) is 12.4 Å². The van der Waals surface area contributed by atoms with Gasteiger partial charge in [-0.2, -0.15) is 0 Å². The van der Waals surface area contributed by atoms with Gasteiger partial charge < -0.3 is 10.1 Å². The maximum atomic E-state index is 13.9. The van der Waals surface area contributed by atoms with Gasteiger partial charge in [-0.05, 0) is 59.5 Å². The van der Waals surface area contributed by atoms with Crippen LogP contribution in [-0.2, 0) is 14.3 Å². The molecule has 5 rings (SSSR count). The molecule has 1 aliphatic heterocycles. The van der Waals surface area contributed by atoms with E-state index in [1.807, 2.05) is 32.0 Å². The predicted octanol–water partition coefficient (Wildman–Crippen LogP) is 5.20. The van der Waals surface area contributed by atoms with Crippen molar-refractivity contribution in [2.24, 2.45) is 11.3 Å². The predicted molar refractivity (Wildman–Crippen MR) is 122 cm³/mol. The van der Waals surface area contributed by atoms with E-state index >= 15 is 0 Å². The number of esters is 1. The van der Waals surface area contributed by atoms with Gasteiger partial charge in [-0.25, -0.2) is 0 Å². The lowest BCUT2D eigenvalue weighted by Gasteiger charge is -2.43. The number of fused-ring (bicyclic) bond motifs is 3. The molecule has 3 aromatic rings. The molecule has 0 fully saturated rings. The van der Waals surface area contributed by atoms with Gasteiger partial charge in [0.25, 0.3) is 0 Å². The van der Waals surface area contributed by atoms with Crippen molar-refractivity contribution in [2.45, 2.75) is 33.1 Å². The molecule has 0 amide bonds. The van der Waals surface area contributed by atoms with Crippen LogP contribution in [0.3, 0.4) is 0 Å². The van der Waals surface area contributed by atoms with E-state index in [4.69, 9.17) is 4.74 Å². The third kappa shape index (κ3) is 2.92. The van der Waals surface area contributed by atoms with Crippen molar-refractivity contribution in [1.29, 1.82) is 0 Å². The molecule has 0 saturated carbocycles. The third-order valence-corrected chi connectivity index (χ3v) is 7.64. The standard InChI is InChI=1S/C25H24N2O3S/c1-13-9-11-31-23(13)20-18-14-6-5-10-26-15(14)7-8-16(18)27-17-12-25(2,3)21(24(29)30-4)22(28)19(17)20/h5-11,20-21,27H,12H2,1-4H3/t20-,21-/m0/s1. The first-order valence-corrected chi connectivity index (χ1v) is 11.2. The molecule has 2 atom stereocenters. The summed E-state index contributed by atoms with van der Waals surface area (Å²) in [5.41, 5.74) is 5.12.